The van der Waals surface area contributed by atoms with E-state index < -0.39 is 11.4 Å². The third-order valence-electron chi connectivity index (χ3n) is 3.51. The lowest BCUT2D eigenvalue weighted by Gasteiger charge is -2.22. The minimum absolute atomic E-state index is 0.0623. The summed E-state index contributed by atoms with van der Waals surface area (Å²) in [6.45, 7) is 6.68. The topological polar surface area (TPSA) is 57.6 Å². The second-order valence-corrected chi connectivity index (χ2v) is 6.69. The lowest BCUT2D eigenvalue weighted by molar-refractivity contribution is -0.147. The Morgan fingerprint density at radius 2 is 2.17 bits per heavy atom. The molecule has 2 atom stereocenters. The maximum absolute atomic E-state index is 12.2. The molecule has 1 heterocycles. The van der Waals surface area contributed by atoms with Crippen molar-refractivity contribution in [1.29, 1.82) is 0 Å². The van der Waals surface area contributed by atoms with Crippen LogP contribution in [0.25, 0.3) is 0 Å². The number of hydrogen-bond acceptors (Lipinski definition) is 3. The summed E-state index contributed by atoms with van der Waals surface area (Å²) in [7, 11) is 0. The van der Waals surface area contributed by atoms with E-state index in [1.165, 1.54) is 0 Å². The summed E-state index contributed by atoms with van der Waals surface area (Å²) in [4.78, 5) is 25.0. The Labute approximate surface area is 113 Å². The number of amides is 1. The van der Waals surface area contributed by atoms with E-state index in [-0.39, 0.29) is 11.2 Å². The third kappa shape index (κ3) is 3.64. The molecule has 0 aromatic heterocycles. The van der Waals surface area contributed by atoms with Gasteiger partial charge in [-0.3, -0.25) is 9.59 Å². The van der Waals surface area contributed by atoms with Crippen molar-refractivity contribution in [2.75, 3.05) is 18.8 Å². The zero-order valence-electron chi connectivity index (χ0n) is 11.4. The fraction of sp³-hybridized carbons (Fsp3) is 0.846. The summed E-state index contributed by atoms with van der Waals surface area (Å²) in [6, 6.07) is 0. The van der Waals surface area contributed by atoms with Gasteiger partial charge in [-0.25, -0.2) is 0 Å². The maximum atomic E-state index is 12.2. The molecule has 0 saturated carbocycles. The molecule has 1 saturated heterocycles. The fourth-order valence-electron chi connectivity index (χ4n) is 2.06. The van der Waals surface area contributed by atoms with Gasteiger partial charge in [0.15, 0.2) is 0 Å². The van der Waals surface area contributed by atoms with Gasteiger partial charge in [-0.15, -0.1) is 11.8 Å². The van der Waals surface area contributed by atoms with Gasteiger partial charge in [0.25, 0.3) is 0 Å². The highest BCUT2D eigenvalue weighted by atomic mass is 32.2. The summed E-state index contributed by atoms with van der Waals surface area (Å²) in [5.41, 5.74) is -0.760. The van der Waals surface area contributed by atoms with Gasteiger partial charge in [-0.1, -0.05) is 13.3 Å². The molecule has 104 valence electrons. The van der Waals surface area contributed by atoms with Crippen LogP contribution in [0, 0.1) is 5.41 Å². The van der Waals surface area contributed by atoms with Gasteiger partial charge in [0.05, 0.1) is 10.7 Å². The van der Waals surface area contributed by atoms with Gasteiger partial charge in [0.2, 0.25) is 5.91 Å². The Hall–Kier alpha value is -0.710. The van der Waals surface area contributed by atoms with E-state index in [1.807, 2.05) is 6.92 Å². The predicted molar refractivity (Wildman–Crippen MR) is 73.8 cm³/mol. The number of carboxylic acids is 1. The molecule has 0 aromatic rings. The number of carbonyl (C=O) groups excluding carboxylic acids is 1. The summed E-state index contributed by atoms with van der Waals surface area (Å²) in [5.74, 6) is 0.276. The molecule has 5 heteroatoms. The highest BCUT2D eigenvalue weighted by Gasteiger charge is 2.42. The van der Waals surface area contributed by atoms with Gasteiger partial charge >= 0.3 is 5.97 Å². The highest BCUT2D eigenvalue weighted by Crippen LogP contribution is 2.31. The van der Waals surface area contributed by atoms with Gasteiger partial charge in [0.1, 0.15) is 0 Å². The van der Waals surface area contributed by atoms with E-state index >= 15 is 0 Å². The second kappa shape index (κ2) is 6.45. The molecule has 4 nitrogen and oxygen atoms in total. The van der Waals surface area contributed by atoms with Crippen LogP contribution in [-0.2, 0) is 9.59 Å². The van der Waals surface area contributed by atoms with E-state index in [9.17, 15) is 9.59 Å². The predicted octanol–water partition coefficient (Wildman–Crippen LogP) is 2.23. The van der Waals surface area contributed by atoms with Crippen LogP contribution in [0.5, 0.6) is 0 Å². The van der Waals surface area contributed by atoms with Gasteiger partial charge in [0, 0.05) is 13.1 Å². The van der Waals surface area contributed by atoms with E-state index in [1.54, 1.807) is 23.6 Å². The van der Waals surface area contributed by atoms with Crippen LogP contribution in [0.2, 0.25) is 0 Å². The van der Waals surface area contributed by atoms with Crippen molar-refractivity contribution in [3.63, 3.8) is 0 Å². The number of nitrogens with zero attached hydrogens (tertiary/aromatic N) is 1. The smallest absolute Gasteiger partial charge is 0.311 e. The Morgan fingerprint density at radius 1 is 1.50 bits per heavy atom. The number of carbonyl (C=O) groups is 2. The van der Waals surface area contributed by atoms with E-state index in [2.05, 4.69) is 6.92 Å². The molecular formula is C13H23NO3S. The molecule has 2 unspecified atom stereocenters. The van der Waals surface area contributed by atoms with E-state index in [0.29, 0.717) is 19.5 Å². The molecular weight excluding hydrogens is 250 g/mol. The van der Waals surface area contributed by atoms with Crippen LogP contribution >= 0.6 is 11.8 Å². The second-order valence-electron chi connectivity index (χ2n) is 5.24. The molecule has 1 rings (SSSR count). The van der Waals surface area contributed by atoms with Gasteiger partial charge in [-0.05, 0) is 32.4 Å². The van der Waals surface area contributed by atoms with Gasteiger partial charge in [-0.2, -0.15) is 0 Å². The van der Waals surface area contributed by atoms with Crippen molar-refractivity contribution in [2.45, 2.75) is 45.3 Å². The Kier molecular flexibility index (Phi) is 5.50. The first kappa shape index (κ1) is 15.3. The first-order valence-corrected chi connectivity index (χ1v) is 7.59. The summed E-state index contributed by atoms with van der Waals surface area (Å²) in [5, 5.41) is 9.08. The zero-order chi connectivity index (χ0) is 13.8. The average molecular weight is 273 g/mol. The fourth-order valence-corrected chi connectivity index (χ4v) is 3.16. The van der Waals surface area contributed by atoms with Crippen LogP contribution < -0.4 is 0 Å². The third-order valence-corrected chi connectivity index (χ3v) is 4.74. The number of hydrogen-bond donors (Lipinski definition) is 1. The molecule has 0 aromatic carbocycles. The van der Waals surface area contributed by atoms with Crippen molar-refractivity contribution >= 4 is 23.6 Å². The summed E-state index contributed by atoms with van der Waals surface area (Å²) >= 11 is 1.67. The SMILES string of the molecule is CCCCSC(C)C(=O)N1CCC(C)(C(=O)O)C1. The minimum Gasteiger partial charge on any atom is -0.481 e. The largest absolute Gasteiger partial charge is 0.481 e. The monoisotopic (exact) mass is 273 g/mol. The standard InChI is InChI=1S/C13H23NO3S/c1-4-5-8-18-10(2)11(15)14-7-6-13(3,9-14)12(16)17/h10H,4-9H2,1-3H3,(H,16,17). The molecule has 1 N–H and O–H groups in total. The molecule has 1 amide bonds. The van der Waals surface area contributed by atoms with Crippen LogP contribution in [0.1, 0.15) is 40.0 Å². The Balaban J connectivity index is 2.46. The molecule has 0 spiro atoms. The molecule has 0 radical (unpaired) electrons. The van der Waals surface area contributed by atoms with Crippen LogP contribution in [0.3, 0.4) is 0 Å². The zero-order valence-corrected chi connectivity index (χ0v) is 12.3. The van der Waals surface area contributed by atoms with Crippen molar-refractivity contribution < 1.29 is 14.7 Å². The molecule has 1 aliphatic heterocycles. The minimum atomic E-state index is -0.802. The summed E-state index contributed by atoms with van der Waals surface area (Å²) < 4.78 is 0. The van der Waals surface area contributed by atoms with Crippen LogP contribution in [0.4, 0.5) is 0 Å². The normalized spacial score (nSPS) is 25.2. The van der Waals surface area contributed by atoms with Crippen molar-refractivity contribution in [2.24, 2.45) is 5.41 Å². The summed E-state index contributed by atoms with van der Waals surface area (Å²) in [6.07, 6.45) is 2.81. The lowest BCUT2D eigenvalue weighted by atomic mass is 9.90. The lowest BCUT2D eigenvalue weighted by Crippen LogP contribution is -2.38. The van der Waals surface area contributed by atoms with Crippen LogP contribution in [-0.4, -0.2) is 46.0 Å². The van der Waals surface area contributed by atoms with Crippen LogP contribution in [0.15, 0.2) is 0 Å². The molecule has 1 aliphatic rings. The first-order chi connectivity index (χ1) is 8.40. The maximum Gasteiger partial charge on any atom is 0.311 e. The number of aliphatic carboxylic acids is 1. The number of carboxylic acid groups (broad SMARTS) is 1. The number of likely N-dealkylation sites (tertiary alicyclic amines) is 1. The molecule has 18 heavy (non-hydrogen) atoms. The number of unbranched alkanes of at least 4 members (excludes halogenated alkanes) is 1. The van der Waals surface area contributed by atoms with Crippen molar-refractivity contribution in [3.05, 3.63) is 0 Å². The number of rotatable bonds is 6. The Bertz CT molecular complexity index is 321. The van der Waals surface area contributed by atoms with E-state index in [0.717, 1.165) is 18.6 Å². The van der Waals surface area contributed by atoms with E-state index in [4.69, 9.17) is 5.11 Å². The number of thioether (sulfide) groups is 1. The van der Waals surface area contributed by atoms with Gasteiger partial charge < -0.3 is 10.0 Å². The highest BCUT2D eigenvalue weighted by molar-refractivity contribution is 8.00. The molecule has 0 aliphatic carbocycles. The average Bonchev–Trinajstić information content (AvgIpc) is 2.72. The molecule has 0 bridgehead atoms. The molecule has 1 fully saturated rings. The van der Waals surface area contributed by atoms with Crippen molar-refractivity contribution in [3.8, 4) is 0 Å². The Morgan fingerprint density at radius 3 is 2.67 bits per heavy atom. The van der Waals surface area contributed by atoms with Crippen molar-refractivity contribution in [1.82, 2.24) is 4.90 Å². The quantitative estimate of drug-likeness (QED) is 0.754. The first-order valence-electron chi connectivity index (χ1n) is 6.54.